The van der Waals surface area contributed by atoms with Gasteiger partial charge in [-0.2, -0.15) is 0 Å². The van der Waals surface area contributed by atoms with Gasteiger partial charge in [-0.15, -0.1) is 0 Å². The van der Waals surface area contributed by atoms with Crippen LogP contribution in [0, 0.1) is 0 Å². The maximum atomic E-state index is 3.69. The average Bonchev–Trinajstić information content (AvgIpc) is 3.22. The Morgan fingerprint density at radius 1 is 0.250 bits per heavy atom. The van der Waals surface area contributed by atoms with Gasteiger partial charge in [0.05, 0.1) is 22.7 Å². The van der Waals surface area contributed by atoms with Crippen LogP contribution >= 0.6 is 0 Å². The number of rotatable bonds is 11. The largest absolute Gasteiger partial charge is 0.354 e. The molecule has 8 aromatic carbocycles. The summed E-state index contributed by atoms with van der Waals surface area (Å²) in [6, 6.07) is 76.1. The first-order valence-electron chi connectivity index (χ1n) is 17.5. The molecular formula is C48H38N4. The van der Waals surface area contributed by atoms with Crippen LogP contribution in [0.1, 0.15) is 0 Å². The molecule has 0 aliphatic carbocycles. The van der Waals surface area contributed by atoms with E-state index in [1.165, 1.54) is 0 Å². The van der Waals surface area contributed by atoms with Crippen LogP contribution in [0.3, 0.4) is 0 Å². The second kappa shape index (κ2) is 15.2. The van der Waals surface area contributed by atoms with Crippen LogP contribution in [0.2, 0.25) is 0 Å². The van der Waals surface area contributed by atoms with Crippen LogP contribution in [0.4, 0.5) is 56.9 Å². The fourth-order valence-electron chi connectivity index (χ4n) is 6.51. The molecule has 8 aromatic rings. The van der Waals surface area contributed by atoms with E-state index in [4.69, 9.17) is 0 Å². The maximum Gasteiger partial charge on any atom is 0.0696 e. The first kappa shape index (κ1) is 32.2. The molecule has 0 spiro atoms. The molecule has 4 nitrogen and oxygen atoms in total. The first-order valence-corrected chi connectivity index (χ1v) is 17.5. The molecule has 0 atom stereocenters. The Morgan fingerprint density at radius 2 is 0.519 bits per heavy atom. The third kappa shape index (κ3) is 7.14. The number of hydrogen-bond donors (Lipinski definition) is 2. The Hall–Kier alpha value is -7.04. The molecule has 0 radical (unpaired) electrons. The maximum absolute atomic E-state index is 3.69. The molecule has 0 fully saturated rings. The summed E-state index contributed by atoms with van der Waals surface area (Å²) in [7, 11) is 0. The Labute approximate surface area is 305 Å². The molecule has 0 aliphatic heterocycles. The minimum Gasteiger partial charge on any atom is -0.354 e. The molecular weight excluding hydrogens is 633 g/mol. The highest BCUT2D eigenvalue weighted by Crippen LogP contribution is 2.41. The molecule has 0 saturated carbocycles. The van der Waals surface area contributed by atoms with Gasteiger partial charge in [-0.05, 0) is 108 Å². The minimum atomic E-state index is 1.02. The topological polar surface area (TPSA) is 30.5 Å². The second-order valence-electron chi connectivity index (χ2n) is 12.5. The lowest BCUT2D eigenvalue weighted by Crippen LogP contribution is -2.11. The molecule has 0 aliphatic rings. The van der Waals surface area contributed by atoms with Crippen molar-refractivity contribution in [1.82, 2.24) is 0 Å². The summed E-state index contributed by atoms with van der Waals surface area (Å²) in [5.41, 5.74) is 13.0. The van der Waals surface area contributed by atoms with Crippen molar-refractivity contribution in [3.8, 4) is 11.1 Å². The van der Waals surface area contributed by atoms with Gasteiger partial charge < -0.3 is 20.4 Å². The lowest BCUT2D eigenvalue weighted by Gasteiger charge is -2.28. The van der Waals surface area contributed by atoms with Gasteiger partial charge in [-0.25, -0.2) is 0 Å². The van der Waals surface area contributed by atoms with Gasteiger partial charge >= 0.3 is 0 Å². The highest BCUT2D eigenvalue weighted by atomic mass is 15.2. The smallest absolute Gasteiger partial charge is 0.0696 e. The van der Waals surface area contributed by atoms with Gasteiger partial charge in [0.2, 0.25) is 0 Å². The molecule has 0 aromatic heterocycles. The molecule has 0 bridgehead atoms. The predicted octanol–water partition coefficient (Wildman–Crippen LogP) is 13.8. The summed E-state index contributed by atoms with van der Waals surface area (Å²) in [6.07, 6.45) is 0. The van der Waals surface area contributed by atoms with Gasteiger partial charge in [0.25, 0.3) is 0 Å². The fraction of sp³-hybridized carbons (Fsp3) is 0. The highest BCUT2D eigenvalue weighted by molar-refractivity contribution is 5.88. The lowest BCUT2D eigenvalue weighted by atomic mass is 10.0. The Bertz CT molecular complexity index is 2080. The van der Waals surface area contributed by atoms with Crippen LogP contribution in [0.5, 0.6) is 0 Å². The van der Waals surface area contributed by atoms with E-state index in [1.54, 1.807) is 0 Å². The molecule has 0 unspecified atom stereocenters. The van der Waals surface area contributed by atoms with Gasteiger partial charge in [0, 0.05) is 34.1 Å². The van der Waals surface area contributed by atoms with Crippen LogP contribution < -0.4 is 20.4 Å². The molecule has 0 amide bonds. The first-order chi connectivity index (χ1) is 25.8. The molecule has 250 valence electrons. The zero-order valence-corrected chi connectivity index (χ0v) is 28.7. The van der Waals surface area contributed by atoms with Crippen molar-refractivity contribution in [2.45, 2.75) is 0 Å². The Morgan fingerprint density at radius 3 is 0.827 bits per heavy atom. The van der Waals surface area contributed by atoms with E-state index in [0.717, 1.165) is 68.0 Å². The van der Waals surface area contributed by atoms with Gasteiger partial charge in [0.15, 0.2) is 0 Å². The number of hydrogen-bond acceptors (Lipinski definition) is 4. The van der Waals surface area contributed by atoms with E-state index >= 15 is 0 Å². The van der Waals surface area contributed by atoms with Crippen LogP contribution in [-0.2, 0) is 0 Å². The molecule has 8 rings (SSSR count). The van der Waals surface area contributed by atoms with Gasteiger partial charge in [0.1, 0.15) is 0 Å². The van der Waals surface area contributed by atoms with Crippen LogP contribution in [0.15, 0.2) is 218 Å². The van der Waals surface area contributed by atoms with E-state index < -0.39 is 0 Å². The van der Waals surface area contributed by atoms with E-state index in [0.29, 0.717) is 0 Å². The van der Waals surface area contributed by atoms with E-state index in [1.807, 2.05) is 24.3 Å². The summed E-state index contributed by atoms with van der Waals surface area (Å²) in [6.45, 7) is 0. The summed E-state index contributed by atoms with van der Waals surface area (Å²) in [4.78, 5) is 4.57. The van der Waals surface area contributed by atoms with E-state index in [9.17, 15) is 0 Å². The summed E-state index contributed by atoms with van der Waals surface area (Å²) >= 11 is 0. The van der Waals surface area contributed by atoms with E-state index in [2.05, 4.69) is 215 Å². The highest BCUT2D eigenvalue weighted by Gasteiger charge is 2.17. The lowest BCUT2D eigenvalue weighted by molar-refractivity contribution is 1.28. The third-order valence-corrected chi connectivity index (χ3v) is 9.01. The van der Waals surface area contributed by atoms with Crippen molar-refractivity contribution in [3.63, 3.8) is 0 Å². The molecule has 0 saturated heterocycles. The average molecular weight is 671 g/mol. The molecule has 52 heavy (non-hydrogen) atoms. The quantitative estimate of drug-likeness (QED) is 0.143. The SMILES string of the molecule is c1ccc(N(c2ccccc2)c2ccccc2Nc2ccc(-c3ccc(Nc4ccccc4N(c4ccccc4)c4ccccc4)cc3)cc2)cc1. The van der Waals surface area contributed by atoms with Crippen LogP contribution in [-0.4, -0.2) is 0 Å². The van der Waals surface area contributed by atoms with Crippen molar-refractivity contribution in [1.29, 1.82) is 0 Å². The standard InChI is InChI=1S/C48H38N4/c1-5-17-41(18-6-1)51(42-19-7-2-8-20-42)47-27-15-13-25-45(47)49-39-33-29-37(30-34-39)38-31-35-40(36-32-38)50-46-26-14-16-28-48(46)52(43-21-9-3-10-22-43)44-23-11-4-12-24-44/h1-36,49-50H. The van der Waals surface area contributed by atoms with E-state index in [-0.39, 0.29) is 0 Å². The fourth-order valence-corrected chi connectivity index (χ4v) is 6.51. The summed E-state index contributed by atoms with van der Waals surface area (Å²) in [5, 5.41) is 7.38. The van der Waals surface area contributed by atoms with Crippen molar-refractivity contribution in [3.05, 3.63) is 218 Å². The van der Waals surface area contributed by atoms with Crippen molar-refractivity contribution in [2.75, 3.05) is 20.4 Å². The van der Waals surface area contributed by atoms with Crippen molar-refractivity contribution in [2.24, 2.45) is 0 Å². The van der Waals surface area contributed by atoms with Crippen molar-refractivity contribution >= 4 is 56.9 Å². The third-order valence-electron chi connectivity index (χ3n) is 9.01. The molecule has 4 heteroatoms. The summed E-state index contributed by atoms with van der Waals surface area (Å²) in [5.74, 6) is 0. The number of anilines is 10. The number of para-hydroxylation sites is 8. The molecule has 0 heterocycles. The zero-order chi connectivity index (χ0) is 35.0. The predicted molar refractivity (Wildman–Crippen MR) is 221 cm³/mol. The number of nitrogens with one attached hydrogen (secondary N) is 2. The minimum absolute atomic E-state index is 1.02. The normalized spacial score (nSPS) is 10.7. The van der Waals surface area contributed by atoms with Crippen molar-refractivity contribution < 1.29 is 0 Å². The number of nitrogens with zero attached hydrogens (tertiary/aromatic N) is 2. The summed E-state index contributed by atoms with van der Waals surface area (Å²) < 4.78 is 0. The molecule has 2 N–H and O–H groups in total. The monoisotopic (exact) mass is 670 g/mol. The Kier molecular flexibility index (Phi) is 9.43. The van der Waals surface area contributed by atoms with Gasteiger partial charge in [-0.3, -0.25) is 0 Å². The van der Waals surface area contributed by atoms with Gasteiger partial charge in [-0.1, -0.05) is 121 Å². The zero-order valence-electron chi connectivity index (χ0n) is 28.7. The second-order valence-corrected chi connectivity index (χ2v) is 12.5. The van der Waals surface area contributed by atoms with Crippen LogP contribution in [0.25, 0.3) is 11.1 Å². The number of benzene rings is 8. The Balaban J connectivity index is 1.01.